The van der Waals surface area contributed by atoms with Crippen molar-refractivity contribution in [3.63, 3.8) is 0 Å². The molecule has 0 aliphatic carbocycles. The third-order valence-corrected chi connectivity index (χ3v) is 4.02. The van der Waals surface area contributed by atoms with Crippen LogP contribution in [0.3, 0.4) is 0 Å². The molecule has 2 saturated heterocycles. The third kappa shape index (κ3) is 1.97. The first-order valence-corrected chi connectivity index (χ1v) is 6.49. The lowest BCUT2D eigenvalue weighted by atomic mass is 9.84. The van der Waals surface area contributed by atoms with Crippen molar-refractivity contribution in [1.29, 1.82) is 0 Å². The summed E-state index contributed by atoms with van der Waals surface area (Å²) in [6.45, 7) is 3.10. The zero-order chi connectivity index (χ0) is 12.4. The van der Waals surface area contributed by atoms with E-state index in [9.17, 15) is 4.79 Å². The number of hydrogen-bond donors (Lipinski definition) is 1. The van der Waals surface area contributed by atoms with Crippen molar-refractivity contribution in [2.24, 2.45) is 0 Å². The molecule has 2 fully saturated rings. The zero-order valence-corrected chi connectivity index (χ0v) is 10.4. The molecule has 1 atom stereocenters. The monoisotopic (exact) mass is 246 g/mol. The maximum atomic E-state index is 12.0. The lowest BCUT2D eigenvalue weighted by molar-refractivity contribution is -0.00595. The van der Waals surface area contributed by atoms with E-state index in [1.54, 1.807) is 0 Å². The van der Waals surface area contributed by atoms with E-state index in [-0.39, 0.29) is 11.6 Å². The fraction of sp³-hybridized carbons (Fsp3) is 0.500. The summed E-state index contributed by atoms with van der Waals surface area (Å²) in [6, 6.07) is 9.80. The van der Waals surface area contributed by atoms with Crippen LogP contribution >= 0.6 is 0 Å². The summed E-state index contributed by atoms with van der Waals surface area (Å²) in [7, 11) is 0. The second-order valence-corrected chi connectivity index (χ2v) is 5.09. The van der Waals surface area contributed by atoms with E-state index in [1.807, 2.05) is 35.2 Å². The normalized spacial score (nSPS) is 26.1. The molecule has 3 rings (SSSR count). The number of ether oxygens (including phenoxy) is 1. The van der Waals surface area contributed by atoms with Crippen LogP contribution in [0.1, 0.15) is 18.4 Å². The number of carbonyl (C=O) groups is 1. The number of likely N-dealkylation sites (tertiary alicyclic amines) is 1. The van der Waals surface area contributed by atoms with Crippen molar-refractivity contribution in [1.82, 2.24) is 10.2 Å². The van der Waals surface area contributed by atoms with E-state index in [0.29, 0.717) is 6.61 Å². The molecule has 4 nitrogen and oxygen atoms in total. The van der Waals surface area contributed by atoms with Gasteiger partial charge in [-0.1, -0.05) is 30.3 Å². The van der Waals surface area contributed by atoms with Crippen LogP contribution in [0.4, 0.5) is 4.79 Å². The average Bonchev–Trinajstić information content (AvgIpc) is 2.88. The number of amides is 1. The van der Waals surface area contributed by atoms with E-state index in [0.717, 1.165) is 38.0 Å². The Morgan fingerprint density at radius 1 is 1.33 bits per heavy atom. The van der Waals surface area contributed by atoms with Crippen molar-refractivity contribution >= 4 is 6.09 Å². The minimum atomic E-state index is -0.172. The third-order valence-electron chi connectivity index (χ3n) is 4.02. The maximum absolute atomic E-state index is 12.0. The highest BCUT2D eigenvalue weighted by atomic mass is 16.6. The van der Waals surface area contributed by atoms with Gasteiger partial charge in [-0.25, -0.2) is 4.79 Å². The summed E-state index contributed by atoms with van der Waals surface area (Å²) in [5.74, 6) is 0. The molecule has 1 spiro atoms. The van der Waals surface area contributed by atoms with Gasteiger partial charge in [0.2, 0.25) is 0 Å². The number of carbonyl (C=O) groups excluding carboxylic acids is 1. The Hall–Kier alpha value is -1.55. The van der Waals surface area contributed by atoms with Crippen LogP contribution in [0.2, 0.25) is 0 Å². The summed E-state index contributed by atoms with van der Waals surface area (Å²) < 4.78 is 5.38. The van der Waals surface area contributed by atoms with Crippen LogP contribution in [0.5, 0.6) is 0 Å². The van der Waals surface area contributed by atoms with Crippen LogP contribution in [-0.2, 0) is 11.3 Å². The Morgan fingerprint density at radius 3 is 2.78 bits per heavy atom. The number of nitrogens with zero attached hydrogens (tertiary/aromatic N) is 1. The van der Waals surface area contributed by atoms with Gasteiger partial charge in [-0.2, -0.15) is 0 Å². The Labute approximate surface area is 107 Å². The van der Waals surface area contributed by atoms with Crippen molar-refractivity contribution in [2.75, 3.05) is 19.6 Å². The highest BCUT2D eigenvalue weighted by molar-refractivity contribution is 5.70. The van der Waals surface area contributed by atoms with Gasteiger partial charge in [-0.05, 0) is 24.9 Å². The predicted octanol–water partition coefficient (Wildman–Crippen LogP) is 1.76. The van der Waals surface area contributed by atoms with E-state index in [2.05, 4.69) is 5.32 Å². The summed E-state index contributed by atoms with van der Waals surface area (Å²) in [5.41, 5.74) is 1.08. The largest absolute Gasteiger partial charge is 0.445 e. The molecule has 4 heteroatoms. The molecule has 18 heavy (non-hydrogen) atoms. The van der Waals surface area contributed by atoms with Crippen LogP contribution in [-0.4, -0.2) is 36.2 Å². The number of hydrogen-bond acceptors (Lipinski definition) is 3. The van der Waals surface area contributed by atoms with Gasteiger partial charge < -0.3 is 15.0 Å². The Kier molecular flexibility index (Phi) is 2.96. The molecule has 0 aromatic heterocycles. The standard InChI is InChI=1S/C14H18N2O2/c17-13(18-10-12-4-2-1-3-5-12)16-9-7-14(16)6-8-15-11-14/h1-5,15H,6-11H2. The Bertz CT molecular complexity index is 427. The first kappa shape index (κ1) is 11.5. The van der Waals surface area contributed by atoms with Gasteiger partial charge in [-0.15, -0.1) is 0 Å². The van der Waals surface area contributed by atoms with Gasteiger partial charge in [0.15, 0.2) is 0 Å². The van der Waals surface area contributed by atoms with Crippen molar-refractivity contribution in [2.45, 2.75) is 25.0 Å². The zero-order valence-electron chi connectivity index (χ0n) is 10.4. The van der Waals surface area contributed by atoms with Gasteiger partial charge in [0, 0.05) is 13.1 Å². The van der Waals surface area contributed by atoms with Gasteiger partial charge in [-0.3, -0.25) is 0 Å². The average molecular weight is 246 g/mol. The first-order chi connectivity index (χ1) is 8.80. The van der Waals surface area contributed by atoms with Gasteiger partial charge >= 0.3 is 6.09 Å². The fourth-order valence-corrected chi connectivity index (χ4v) is 2.80. The summed E-state index contributed by atoms with van der Waals surface area (Å²) in [4.78, 5) is 13.9. The molecule has 0 saturated carbocycles. The van der Waals surface area contributed by atoms with E-state index >= 15 is 0 Å². The number of rotatable bonds is 2. The van der Waals surface area contributed by atoms with Crippen molar-refractivity contribution in [3.8, 4) is 0 Å². The quantitative estimate of drug-likeness (QED) is 0.864. The molecule has 2 aliphatic heterocycles. The second-order valence-electron chi connectivity index (χ2n) is 5.09. The molecule has 1 aromatic carbocycles. The summed E-state index contributed by atoms with van der Waals surface area (Å²) in [5, 5.41) is 3.32. The van der Waals surface area contributed by atoms with Crippen LogP contribution in [0.25, 0.3) is 0 Å². The highest BCUT2D eigenvalue weighted by Crippen LogP contribution is 2.36. The van der Waals surface area contributed by atoms with Gasteiger partial charge in [0.05, 0.1) is 5.54 Å². The molecular weight excluding hydrogens is 228 g/mol. The molecule has 1 unspecified atom stereocenters. The molecular formula is C14H18N2O2. The lowest BCUT2D eigenvalue weighted by Crippen LogP contribution is -2.63. The Balaban J connectivity index is 1.56. The van der Waals surface area contributed by atoms with Gasteiger partial charge in [0.1, 0.15) is 6.61 Å². The molecule has 96 valence electrons. The van der Waals surface area contributed by atoms with E-state index in [4.69, 9.17) is 4.74 Å². The van der Waals surface area contributed by atoms with Crippen LogP contribution in [0.15, 0.2) is 30.3 Å². The van der Waals surface area contributed by atoms with E-state index in [1.165, 1.54) is 0 Å². The summed E-state index contributed by atoms with van der Waals surface area (Å²) >= 11 is 0. The first-order valence-electron chi connectivity index (χ1n) is 6.49. The van der Waals surface area contributed by atoms with Gasteiger partial charge in [0.25, 0.3) is 0 Å². The van der Waals surface area contributed by atoms with E-state index < -0.39 is 0 Å². The molecule has 2 heterocycles. The summed E-state index contributed by atoms with van der Waals surface area (Å²) in [6.07, 6.45) is 1.97. The Morgan fingerprint density at radius 2 is 2.17 bits per heavy atom. The van der Waals surface area contributed by atoms with Crippen LogP contribution < -0.4 is 5.32 Å². The molecule has 0 radical (unpaired) electrons. The predicted molar refractivity (Wildman–Crippen MR) is 68.2 cm³/mol. The van der Waals surface area contributed by atoms with Crippen LogP contribution in [0, 0.1) is 0 Å². The van der Waals surface area contributed by atoms with Crippen molar-refractivity contribution < 1.29 is 9.53 Å². The highest BCUT2D eigenvalue weighted by Gasteiger charge is 2.49. The molecule has 1 amide bonds. The molecule has 1 N–H and O–H groups in total. The topological polar surface area (TPSA) is 41.6 Å². The minimum Gasteiger partial charge on any atom is -0.445 e. The van der Waals surface area contributed by atoms with Crippen molar-refractivity contribution in [3.05, 3.63) is 35.9 Å². The molecule has 1 aromatic rings. The lowest BCUT2D eigenvalue weighted by Gasteiger charge is -2.49. The minimum absolute atomic E-state index is 0.0494. The smallest absolute Gasteiger partial charge is 0.410 e. The molecule has 2 aliphatic rings. The second kappa shape index (κ2) is 4.61. The SMILES string of the molecule is O=C(OCc1ccccc1)N1CCC12CCNC2. The number of benzene rings is 1. The fourth-order valence-electron chi connectivity index (χ4n) is 2.80. The number of nitrogens with one attached hydrogen (secondary N) is 1. The molecule has 0 bridgehead atoms. The maximum Gasteiger partial charge on any atom is 0.410 e.